The molecular formula is C19H24N4O3S. The zero-order valence-corrected chi connectivity index (χ0v) is 16.3. The van der Waals surface area contributed by atoms with Crippen LogP contribution in [-0.2, 0) is 23.0 Å². The monoisotopic (exact) mass is 388 g/mol. The number of nitrogens with zero attached hydrogens (tertiary/aromatic N) is 4. The van der Waals surface area contributed by atoms with E-state index < -0.39 is 10.0 Å². The second kappa shape index (κ2) is 7.16. The van der Waals surface area contributed by atoms with Crippen LogP contribution in [-0.4, -0.2) is 39.8 Å². The Morgan fingerprint density at radius 3 is 2.56 bits per heavy atom. The topological polar surface area (TPSA) is 85.2 Å². The van der Waals surface area contributed by atoms with E-state index in [1.165, 1.54) is 19.1 Å². The van der Waals surface area contributed by atoms with Gasteiger partial charge < -0.3 is 4.57 Å². The molecule has 1 fully saturated rings. The van der Waals surface area contributed by atoms with Crippen molar-refractivity contribution in [2.45, 2.75) is 62.9 Å². The molecule has 1 atom stereocenters. The van der Waals surface area contributed by atoms with Crippen LogP contribution < -0.4 is 0 Å². The smallest absolute Gasteiger partial charge is 0.243 e. The van der Waals surface area contributed by atoms with Crippen LogP contribution in [0.5, 0.6) is 0 Å². The minimum Gasteiger partial charge on any atom is -0.314 e. The van der Waals surface area contributed by atoms with E-state index in [4.69, 9.17) is 0 Å². The quantitative estimate of drug-likeness (QED) is 0.752. The number of hydrogen-bond acceptors (Lipinski definition) is 5. The summed E-state index contributed by atoms with van der Waals surface area (Å²) in [6.07, 6.45) is 5.80. The number of Topliss-reactive ketones (excluding diaryl/α,β-unsaturated/α-hetero) is 1. The lowest BCUT2D eigenvalue weighted by atomic mass is 10.2. The zero-order valence-electron chi connectivity index (χ0n) is 15.5. The molecule has 1 aromatic heterocycles. The molecule has 1 unspecified atom stereocenters. The van der Waals surface area contributed by atoms with Gasteiger partial charge in [-0.05, 0) is 44.7 Å². The van der Waals surface area contributed by atoms with Crippen LogP contribution in [0.15, 0.2) is 29.2 Å². The van der Waals surface area contributed by atoms with Crippen LogP contribution in [0.4, 0.5) is 0 Å². The normalized spacial score (nSPS) is 21.0. The fourth-order valence-corrected chi connectivity index (χ4v) is 5.69. The molecule has 0 radical (unpaired) electrons. The first-order chi connectivity index (χ1) is 13.0. The summed E-state index contributed by atoms with van der Waals surface area (Å²) < 4.78 is 30.2. The number of carbonyl (C=O) groups excluding carboxylic acids is 1. The predicted octanol–water partition coefficient (Wildman–Crippen LogP) is 2.73. The van der Waals surface area contributed by atoms with E-state index in [1.54, 1.807) is 16.4 Å². The van der Waals surface area contributed by atoms with E-state index in [9.17, 15) is 13.2 Å². The average Bonchev–Trinajstić information content (AvgIpc) is 3.23. The van der Waals surface area contributed by atoms with Crippen LogP contribution in [0.25, 0.3) is 0 Å². The van der Waals surface area contributed by atoms with Crippen LogP contribution in [0, 0.1) is 0 Å². The van der Waals surface area contributed by atoms with Gasteiger partial charge in [0.1, 0.15) is 5.82 Å². The summed E-state index contributed by atoms with van der Waals surface area (Å²) >= 11 is 0. The lowest BCUT2D eigenvalue weighted by molar-refractivity contribution is 0.101. The fourth-order valence-electron chi connectivity index (χ4n) is 4.04. The molecule has 7 nitrogen and oxygen atoms in total. The molecule has 1 saturated heterocycles. The number of aryl methyl sites for hydroxylation is 1. The molecule has 0 N–H and O–H groups in total. The number of carbonyl (C=O) groups is 1. The van der Waals surface area contributed by atoms with Crippen molar-refractivity contribution in [3.8, 4) is 0 Å². The van der Waals surface area contributed by atoms with Gasteiger partial charge >= 0.3 is 0 Å². The molecule has 0 spiro atoms. The Morgan fingerprint density at radius 1 is 1.04 bits per heavy atom. The number of hydrogen-bond donors (Lipinski definition) is 0. The van der Waals surface area contributed by atoms with Crippen LogP contribution in [0.2, 0.25) is 0 Å². The van der Waals surface area contributed by atoms with Gasteiger partial charge in [-0.2, -0.15) is 4.31 Å². The maximum atomic E-state index is 13.2. The molecule has 2 aromatic rings. The van der Waals surface area contributed by atoms with Gasteiger partial charge in [-0.1, -0.05) is 18.6 Å². The van der Waals surface area contributed by atoms with Crippen LogP contribution in [0.3, 0.4) is 0 Å². The molecular weight excluding hydrogens is 364 g/mol. The highest BCUT2D eigenvalue weighted by molar-refractivity contribution is 7.89. The third kappa shape index (κ3) is 3.32. The molecule has 0 aliphatic carbocycles. The summed E-state index contributed by atoms with van der Waals surface area (Å²) in [4.78, 5) is 11.7. The SMILES string of the molecule is CC(=O)c1ccc(S(=O)(=O)N2CCCC2c2nnc3n2CCCCC3)cc1. The summed E-state index contributed by atoms with van der Waals surface area (Å²) in [5.74, 6) is 1.66. The largest absolute Gasteiger partial charge is 0.314 e. The highest BCUT2D eigenvalue weighted by Crippen LogP contribution is 2.36. The van der Waals surface area contributed by atoms with Gasteiger partial charge in [-0.25, -0.2) is 8.42 Å². The lowest BCUT2D eigenvalue weighted by Gasteiger charge is -2.24. The molecule has 2 aliphatic rings. The third-order valence-corrected chi connectivity index (χ3v) is 7.43. The zero-order chi connectivity index (χ0) is 19.0. The molecule has 2 aliphatic heterocycles. The molecule has 0 amide bonds. The first kappa shape index (κ1) is 18.3. The van der Waals surface area contributed by atoms with Crippen molar-refractivity contribution in [3.05, 3.63) is 41.5 Å². The Labute approximate surface area is 159 Å². The Balaban J connectivity index is 1.67. The van der Waals surface area contributed by atoms with Crippen LogP contribution >= 0.6 is 0 Å². The Morgan fingerprint density at radius 2 is 1.81 bits per heavy atom. The van der Waals surface area contributed by atoms with Crippen molar-refractivity contribution < 1.29 is 13.2 Å². The number of benzene rings is 1. The van der Waals surface area contributed by atoms with Gasteiger partial charge in [0.05, 0.1) is 10.9 Å². The summed E-state index contributed by atoms with van der Waals surface area (Å²) in [7, 11) is -3.65. The minimum atomic E-state index is -3.65. The highest BCUT2D eigenvalue weighted by atomic mass is 32.2. The molecule has 144 valence electrons. The van der Waals surface area contributed by atoms with Gasteiger partial charge in [-0.3, -0.25) is 4.79 Å². The van der Waals surface area contributed by atoms with E-state index >= 15 is 0 Å². The van der Waals surface area contributed by atoms with E-state index in [0.29, 0.717) is 12.1 Å². The predicted molar refractivity (Wildman–Crippen MR) is 99.9 cm³/mol. The minimum absolute atomic E-state index is 0.0795. The maximum Gasteiger partial charge on any atom is 0.243 e. The van der Waals surface area contributed by atoms with Crippen molar-refractivity contribution in [1.82, 2.24) is 19.1 Å². The molecule has 4 rings (SSSR count). The Kier molecular flexibility index (Phi) is 4.86. The molecule has 27 heavy (non-hydrogen) atoms. The number of aromatic nitrogens is 3. The maximum absolute atomic E-state index is 13.2. The first-order valence-electron chi connectivity index (χ1n) is 9.53. The van der Waals surface area contributed by atoms with Crippen molar-refractivity contribution in [1.29, 1.82) is 0 Å². The van der Waals surface area contributed by atoms with Crippen LogP contribution in [0.1, 0.15) is 67.1 Å². The Hall–Kier alpha value is -2.06. The summed E-state index contributed by atoms with van der Waals surface area (Å²) in [5.41, 5.74) is 0.509. The van der Waals surface area contributed by atoms with Crippen molar-refractivity contribution >= 4 is 15.8 Å². The van der Waals surface area contributed by atoms with Gasteiger partial charge in [0.25, 0.3) is 0 Å². The van der Waals surface area contributed by atoms with Gasteiger partial charge in [0.2, 0.25) is 10.0 Å². The van der Waals surface area contributed by atoms with E-state index in [0.717, 1.165) is 56.7 Å². The molecule has 0 bridgehead atoms. The fraction of sp³-hybridized carbons (Fsp3) is 0.526. The molecule has 0 saturated carbocycles. The second-order valence-corrected chi connectivity index (χ2v) is 9.18. The first-order valence-corrected chi connectivity index (χ1v) is 11.0. The van der Waals surface area contributed by atoms with Crippen molar-refractivity contribution in [2.75, 3.05) is 6.54 Å². The second-order valence-electron chi connectivity index (χ2n) is 7.29. The van der Waals surface area contributed by atoms with Gasteiger partial charge in [0.15, 0.2) is 11.6 Å². The molecule has 3 heterocycles. The summed E-state index contributed by atoms with van der Waals surface area (Å²) in [6.45, 7) is 2.80. The van der Waals surface area contributed by atoms with Gasteiger partial charge in [0, 0.05) is 25.1 Å². The standard InChI is InChI=1S/C19H24N4O3S/c1-14(24)15-8-10-16(11-9-15)27(25,26)23-13-5-6-17(23)19-21-20-18-7-3-2-4-12-22(18)19/h8-11,17H,2-7,12-13H2,1H3. The third-order valence-electron chi connectivity index (χ3n) is 5.51. The van der Waals surface area contributed by atoms with Crippen molar-refractivity contribution in [2.24, 2.45) is 0 Å². The number of ketones is 1. The summed E-state index contributed by atoms with van der Waals surface area (Å²) in [6, 6.07) is 5.91. The van der Waals surface area contributed by atoms with E-state index in [-0.39, 0.29) is 16.7 Å². The lowest BCUT2D eigenvalue weighted by Crippen LogP contribution is -2.32. The van der Waals surface area contributed by atoms with E-state index in [2.05, 4.69) is 14.8 Å². The number of rotatable bonds is 4. The van der Waals surface area contributed by atoms with Gasteiger partial charge in [-0.15, -0.1) is 10.2 Å². The average molecular weight is 388 g/mol. The Bertz CT molecular complexity index is 950. The highest BCUT2D eigenvalue weighted by Gasteiger charge is 2.39. The number of sulfonamides is 1. The summed E-state index contributed by atoms with van der Waals surface area (Å²) in [5, 5.41) is 8.71. The van der Waals surface area contributed by atoms with Crippen molar-refractivity contribution in [3.63, 3.8) is 0 Å². The molecule has 8 heteroatoms. The number of fused-ring (bicyclic) bond motifs is 1. The van der Waals surface area contributed by atoms with E-state index in [1.807, 2.05) is 0 Å². The molecule has 1 aromatic carbocycles.